The molecule has 1 aromatic heterocycles. The number of nitrogens with zero attached hydrogens (tertiary/aromatic N) is 1. The van der Waals surface area contributed by atoms with Crippen molar-refractivity contribution in [3.8, 4) is 11.8 Å². The van der Waals surface area contributed by atoms with Crippen LogP contribution in [-0.4, -0.2) is 43.7 Å². The largest absolute Gasteiger partial charge is 0.480 e. The van der Waals surface area contributed by atoms with E-state index in [0.717, 1.165) is 0 Å². The first-order chi connectivity index (χ1) is 11.7. The van der Waals surface area contributed by atoms with Gasteiger partial charge in [-0.15, -0.1) is 0 Å². The van der Waals surface area contributed by atoms with E-state index in [0.29, 0.717) is 16.8 Å². The number of aromatic nitrogens is 2. The quantitative estimate of drug-likeness (QED) is 0.605. The molecule has 7 nitrogen and oxygen atoms in total. The maximum absolute atomic E-state index is 12.3. The molecule has 0 saturated carbocycles. The normalized spacial score (nSPS) is 12.0. The smallest absolute Gasteiger partial charge is 0.326 e. The first-order valence-electron chi connectivity index (χ1n) is 7.61. The molecule has 1 atom stereocenters. The van der Waals surface area contributed by atoms with Crippen LogP contribution in [0.25, 0.3) is 0 Å². The second-order valence-corrected chi connectivity index (χ2v) is 6.04. The van der Waals surface area contributed by atoms with Crippen LogP contribution in [0.4, 0.5) is 0 Å². The summed E-state index contributed by atoms with van der Waals surface area (Å²) in [6.45, 7) is 3.12. The van der Waals surface area contributed by atoms with Crippen LogP contribution in [-0.2, 0) is 11.2 Å². The van der Waals surface area contributed by atoms with Crippen LogP contribution in [0, 0.1) is 11.8 Å². The molecule has 2 aromatic rings. The molecule has 0 aliphatic carbocycles. The van der Waals surface area contributed by atoms with E-state index in [1.54, 1.807) is 38.1 Å². The van der Waals surface area contributed by atoms with Crippen LogP contribution in [0.2, 0.25) is 0 Å². The minimum absolute atomic E-state index is 0.0965. The highest BCUT2D eigenvalue weighted by Crippen LogP contribution is 2.07. The Morgan fingerprint density at radius 2 is 2.16 bits per heavy atom. The number of imidazole rings is 1. The number of hydrogen-bond donors (Lipinski definition) is 4. The minimum atomic E-state index is -1.14. The Balaban J connectivity index is 2.13. The van der Waals surface area contributed by atoms with Gasteiger partial charge in [0.05, 0.1) is 6.33 Å². The van der Waals surface area contributed by atoms with Gasteiger partial charge in [0.25, 0.3) is 5.91 Å². The molecule has 1 heterocycles. The third-order valence-electron chi connectivity index (χ3n) is 3.22. The Kier molecular flexibility index (Phi) is 5.57. The van der Waals surface area contributed by atoms with Crippen molar-refractivity contribution in [1.82, 2.24) is 15.3 Å². The second kappa shape index (κ2) is 7.64. The molecule has 1 aromatic carbocycles. The monoisotopic (exact) mass is 341 g/mol. The van der Waals surface area contributed by atoms with E-state index in [4.69, 9.17) is 0 Å². The predicted molar refractivity (Wildman–Crippen MR) is 90.8 cm³/mol. The number of carbonyl (C=O) groups excluding carboxylic acids is 1. The SMILES string of the molecule is CC(C)(O)C#Cc1cccc(C(=O)N[C@@H](Cc2cnc[nH]2)C(=O)O)c1. The van der Waals surface area contributed by atoms with E-state index in [-0.39, 0.29) is 6.42 Å². The third kappa shape index (κ3) is 5.79. The fraction of sp³-hybridized carbons (Fsp3) is 0.278. The summed E-state index contributed by atoms with van der Waals surface area (Å²) in [7, 11) is 0. The van der Waals surface area contributed by atoms with Crippen LogP contribution in [0.5, 0.6) is 0 Å². The van der Waals surface area contributed by atoms with Gasteiger partial charge in [0.15, 0.2) is 0 Å². The number of rotatable bonds is 5. The van der Waals surface area contributed by atoms with Crippen LogP contribution < -0.4 is 5.32 Å². The number of carboxylic acids is 1. The van der Waals surface area contributed by atoms with Gasteiger partial charge < -0.3 is 20.5 Å². The molecule has 2 rings (SSSR count). The summed E-state index contributed by atoms with van der Waals surface area (Å²) in [4.78, 5) is 30.4. The summed E-state index contributed by atoms with van der Waals surface area (Å²) in [6.07, 6.45) is 3.05. The summed E-state index contributed by atoms with van der Waals surface area (Å²) in [5.41, 5.74) is 0.308. The maximum Gasteiger partial charge on any atom is 0.326 e. The average molecular weight is 341 g/mol. The lowest BCUT2D eigenvalue weighted by atomic mass is 10.1. The number of H-pyrrole nitrogens is 1. The molecule has 0 fully saturated rings. The molecule has 25 heavy (non-hydrogen) atoms. The molecule has 0 radical (unpaired) electrons. The van der Waals surface area contributed by atoms with Gasteiger partial charge in [-0.05, 0) is 32.0 Å². The van der Waals surface area contributed by atoms with E-state index in [9.17, 15) is 19.8 Å². The molecule has 0 spiro atoms. The van der Waals surface area contributed by atoms with Crippen LogP contribution in [0.3, 0.4) is 0 Å². The predicted octanol–water partition coefficient (Wildman–Crippen LogP) is 0.958. The molecular formula is C18H19N3O4. The Hall–Kier alpha value is -3.11. The standard InChI is InChI=1S/C18H19N3O4/c1-18(2,25)7-6-12-4-3-5-13(8-12)16(22)21-15(17(23)24)9-14-10-19-11-20-14/h3-5,8,10-11,15,25H,9H2,1-2H3,(H,19,20)(H,21,22)(H,23,24)/t15-/m0/s1. The van der Waals surface area contributed by atoms with Crippen molar-refractivity contribution in [1.29, 1.82) is 0 Å². The van der Waals surface area contributed by atoms with E-state index in [1.165, 1.54) is 12.5 Å². The fourth-order valence-corrected chi connectivity index (χ4v) is 2.02. The molecular weight excluding hydrogens is 322 g/mol. The summed E-state index contributed by atoms with van der Waals surface area (Å²) >= 11 is 0. The van der Waals surface area contributed by atoms with Crippen LogP contribution in [0.1, 0.15) is 35.5 Å². The van der Waals surface area contributed by atoms with Gasteiger partial charge >= 0.3 is 5.97 Å². The number of carbonyl (C=O) groups is 2. The number of amides is 1. The zero-order valence-corrected chi connectivity index (χ0v) is 13.9. The molecule has 0 aliphatic rings. The van der Waals surface area contributed by atoms with Gasteiger partial charge in [-0.25, -0.2) is 9.78 Å². The van der Waals surface area contributed by atoms with Crippen molar-refractivity contribution in [3.63, 3.8) is 0 Å². The maximum atomic E-state index is 12.3. The van der Waals surface area contributed by atoms with Gasteiger partial charge in [-0.1, -0.05) is 17.9 Å². The second-order valence-electron chi connectivity index (χ2n) is 6.04. The highest BCUT2D eigenvalue weighted by Gasteiger charge is 2.21. The van der Waals surface area contributed by atoms with Crippen LogP contribution in [0.15, 0.2) is 36.8 Å². The lowest BCUT2D eigenvalue weighted by Crippen LogP contribution is -2.42. The fourth-order valence-electron chi connectivity index (χ4n) is 2.02. The lowest BCUT2D eigenvalue weighted by Gasteiger charge is -2.14. The molecule has 0 saturated heterocycles. The zero-order valence-electron chi connectivity index (χ0n) is 13.9. The molecule has 130 valence electrons. The zero-order chi connectivity index (χ0) is 18.4. The minimum Gasteiger partial charge on any atom is -0.480 e. The molecule has 7 heteroatoms. The first-order valence-corrected chi connectivity index (χ1v) is 7.61. The topological polar surface area (TPSA) is 115 Å². The van der Waals surface area contributed by atoms with Gasteiger partial charge in [-0.3, -0.25) is 4.79 Å². The number of aromatic amines is 1. The Morgan fingerprint density at radius 1 is 1.40 bits per heavy atom. The Bertz CT molecular complexity index is 811. The molecule has 0 unspecified atom stereocenters. The molecule has 0 aliphatic heterocycles. The number of nitrogens with one attached hydrogen (secondary N) is 2. The number of aliphatic hydroxyl groups is 1. The van der Waals surface area contributed by atoms with Crippen LogP contribution >= 0.6 is 0 Å². The number of aliphatic carboxylic acids is 1. The summed E-state index contributed by atoms with van der Waals surface area (Å²) < 4.78 is 0. The highest BCUT2D eigenvalue weighted by atomic mass is 16.4. The van der Waals surface area contributed by atoms with Gasteiger partial charge in [0, 0.05) is 29.4 Å². The highest BCUT2D eigenvalue weighted by molar-refractivity contribution is 5.96. The first kappa shape index (κ1) is 18.2. The van der Waals surface area contributed by atoms with Gasteiger partial charge in [0.1, 0.15) is 11.6 Å². The van der Waals surface area contributed by atoms with Crippen molar-refractivity contribution >= 4 is 11.9 Å². The van der Waals surface area contributed by atoms with Crippen molar-refractivity contribution in [2.45, 2.75) is 31.9 Å². The number of benzene rings is 1. The van der Waals surface area contributed by atoms with Crippen molar-refractivity contribution in [2.75, 3.05) is 0 Å². The molecule has 1 amide bonds. The number of hydrogen-bond acceptors (Lipinski definition) is 4. The van der Waals surface area contributed by atoms with E-state index < -0.39 is 23.5 Å². The van der Waals surface area contributed by atoms with Gasteiger partial charge in [-0.2, -0.15) is 0 Å². The third-order valence-corrected chi connectivity index (χ3v) is 3.22. The molecule has 0 bridgehead atoms. The van der Waals surface area contributed by atoms with Crippen molar-refractivity contribution in [2.24, 2.45) is 0 Å². The Morgan fingerprint density at radius 3 is 2.76 bits per heavy atom. The van der Waals surface area contributed by atoms with E-state index >= 15 is 0 Å². The summed E-state index contributed by atoms with van der Waals surface area (Å²) in [5.74, 6) is 3.79. The average Bonchev–Trinajstić information content (AvgIpc) is 3.05. The lowest BCUT2D eigenvalue weighted by molar-refractivity contribution is -0.139. The van der Waals surface area contributed by atoms with Gasteiger partial charge in [0.2, 0.25) is 0 Å². The summed E-state index contributed by atoms with van der Waals surface area (Å²) in [5, 5.41) is 21.4. The van der Waals surface area contributed by atoms with Crippen molar-refractivity contribution < 1.29 is 19.8 Å². The van der Waals surface area contributed by atoms with E-state index in [2.05, 4.69) is 27.1 Å². The molecule has 4 N–H and O–H groups in total. The van der Waals surface area contributed by atoms with E-state index in [1.807, 2.05) is 0 Å². The number of carboxylic acid groups (broad SMARTS) is 1. The Labute approximate surface area is 145 Å². The summed E-state index contributed by atoms with van der Waals surface area (Å²) in [6, 6.07) is 5.38. The van der Waals surface area contributed by atoms with Crippen molar-refractivity contribution in [3.05, 3.63) is 53.6 Å².